The average molecular weight is 374 g/mol. The minimum atomic E-state index is -3.51. The van der Waals surface area contributed by atoms with E-state index in [2.05, 4.69) is 29.4 Å². The minimum absolute atomic E-state index is 0.0791. The number of carbonyl (C=O) groups excluding carboxylic acids is 1. The molecule has 2 aromatic rings. The van der Waals surface area contributed by atoms with Gasteiger partial charge in [-0.05, 0) is 24.1 Å². The molecule has 6 nitrogen and oxygen atoms in total. The first-order chi connectivity index (χ1) is 10.7. The molecule has 2 rings (SSSR count). The maximum atomic E-state index is 12.2. The van der Waals surface area contributed by atoms with Gasteiger partial charge in [-0.1, -0.05) is 36.8 Å². The number of nitrogens with one attached hydrogen (secondary N) is 1. The van der Waals surface area contributed by atoms with Gasteiger partial charge in [0.25, 0.3) is 5.91 Å². The summed E-state index contributed by atoms with van der Waals surface area (Å²) in [5.74, 6) is -0.0149. The summed E-state index contributed by atoms with van der Waals surface area (Å²) in [4.78, 5) is 12.1. The van der Waals surface area contributed by atoms with Gasteiger partial charge in [-0.15, -0.1) is 10.2 Å². The van der Waals surface area contributed by atoms with Crippen LogP contribution in [-0.2, 0) is 16.3 Å². The van der Waals surface area contributed by atoms with E-state index in [0.717, 1.165) is 17.7 Å². The standard InChI is InChI=1S/C14H16ClN3O3S2/c1-8(2)6-12-17-18-14(22-12)16-13(19)9-4-5-10(15)11(7-9)23(3,20)21/h4-5,7-8H,6H2,1-3H3,(H,16,18,19). The highest BCUT2D eigenvalue weighted by molar-refractivity contribution is 7.90. The fourth-order valence-electron chi connectivity index (χ4n) is 1.83. The van der Waals surface area contributed by atoms with E-state index in [-0.39, 0.29) is 15.5 Å². The van der Waals surface area contributed by atoms with Crippen LogP contribution in [0.25, 0.3) is 0 Å². The molecule has 0 saturated carbocycles. The lowest BCUT2D eigenvalue weighted by molar-refractivity contribution is 0.102. The van der Waals surface area contributed by atoms with Gasteiger partial charge < -0.3 is 0 Å². The molecule has 0 spiro atoms. The topological polar surface area (TPSA) is 89.0 Å². The molecule has 1 heterocycles. The molecule has 0 saturated heterocycles. The number of nitrogens with zero attached hydrogens (tertiary/aromatic N) is 2. The van der Waals surface area contributed by atoms with Crippen LogP contribution in [0.4, 0.5) is 5.13 Å². The van der Waals surface area contributed by atoms with Crippen molar-refractivity contribution in [3.8, 4) is 0 Å². The Balaban J connectivity index is 2.20. The summed E-state index contributed by atoms with van der Waals surface area (Å²) in [6, 6.07) is 4.10. The zero-order chi connectivity index (χ0) is 17.2. The zero-order valence-electron chi connectivity index (χ0n) is 12.8. The van der Waals surface area contributed by atoms with Crippen LogP contribution in [0.15, 0.2) is 23.1 Å². The molecular formula is C14H16ClN3O3S2. The SMILES string of the molecule is CC(C)Cc1nnc(NC(=O)c2ccc(Cl)c(S(C)(=O)=O)c2)s1. The molecule has 1 amide bonds. The molecule has 0 radical (unpaired) electrons. The Morgan fingerprint density at radius 2 is 2.04 bits per heavy atom. The van der Waals surface area contributed by atoms with E-state index in [1.807, 2.05) is 0 Å². The van der Waals surface area contributed by atoms with Gasteiger partial charge in [0.15, 0.2) is 9.84 Å². The number of rotatable bonds is 5. The first-order valence-electron chi connectivity index (χ1n) is 6.80. The number of benzene rings is 1. The fraction of sp³-hybridized carbons (Fsp3) is 0.357. The van der Waals surface area contributed by atoms with E-state index in [9.17, 15) is 13.2 Å². The van der Waals surface area contributed by atoms with Crippen LogP contribution < -0.4 is 5.32 Å². The van der Waals surface area contributed by atoms with E-state index in [0.29, 0.717) is 11.0 Å². The first kappa shape index (κ1) is 17.8. The number of halogens is 1. The Morgan fingerprint density at radius 1 is 1.35 bits per heavy atom. The summed E-state index contributed by atoms with van der Waals surface area (Å²) < 4.78 is 23.3. The van der Waals surface area contributed by atoms with Gasteiger partial charge in [0, 0.05) is 18.2 Å². The largest absolute Gasteiger partial charge is 0.296 e. The summed E-state index contributed by atoms with van der Waals surface area (Å²) in [6.07, 6.45) is 1.82. The number of anilines is 1. The molecule has 0 fully saturated rings. The molecule has 23 heavy (non-hydrogen) atoms. The Labute approximate surface area is 143 Å². The van der Waals surface area contributed by atoms with E-state index in [1.54, 1.807) is 0 Å². The Kier molecular flexibility index (Phi) is 5.38. The highest BCUT2D eigenvalue weighted by Gasteiger charge is 2.17. The molecule has 0 aliphatic rings. The minimum Gasteiger partial charge on any atom is -0.296 e. The number of hydrogen-bond donors (Lipinski definition) is 1. The zero-order valence-corrected chi connectivity index (χ0v) is 15.2. The van der Waals surface area contributed by atoms with Gasteiger partial charge in [-0.2, -0.15) is 0 Å². The van der Waals surface area contributed by atoms with Crippen molar-refractivity contribution in [3.05, 3.63) is 33.8 Å². The van der Waals surface area contributed by atoms with Crippen LogP contribution in [0.3, 0.4) is 0 Å². The maximum absolute atomic E-state index is 12.2. The van der Waals surface area contributed by atoms with Crippen LogP contribution in [-0.4, -0.2) is 30.8 Å². The van der Waals surface area contributed by atoms with Crippen molar-refractivity contribution in [1.82, 2.24) is 10.2 Å². The predicted molar refractivity (Wildman–Crippen MR) is 91.0 cm³/mol. The van der Waals surface area contributed by atoms with Crippen LogP contribution in [0, 0.1) is 5.92 Å². The lowest BCUT2D eigenvalue weighted by atomic mass is 10.1. The van der Waals surface area contributed by atoms with E-state index >= 15 is 0 Å². The lowest BCUT2D eigenvalue weighted by Crippen LogP contribution is -2.12. The number of sulfone groups is 1. The van der Waals surface area contributed by atoms with Crippen molar-refractivity contribution < 1.29 is 13.2 Å². The summed E-state index contributed by atoms with van der Waals surface area (Å²) in [5.41, 5.74) is 0.190. The maximum Gasteiger partial charge on any atom is 0.257 e. The molecule has 1 aromatic carbocycles. The fourth-order valence-corrected chi connectivity index (χ4v) is 4.08. The predicted octanol–water partition coefficient (Wildman–Crippen LogP) is 3.05. The lowest BCUT2D eigenvalue weighted by Gasteiger charge is -2.05. The summed E-state index contributed by atoms with van der Waals surface area (Å²) in [5, 5.41) is 11.8. The summed E-state index contributed by atoms with van der Waals surface area (Å²) in [7, 11) is -3.51. The molecule has 0 aliphatic heterocycles. The molecule has 1 aromatic heterocycles. The average Bonchev–Trinajstić information content (AvgIpc) is 2.84. The van der Waals surface area contributed by atoms with Crippen molar-refractivity contribution in [2.45, 2.75) is 25.2 Å². The molecule has 0 aliphatic carbocycles. The normalized spacial score (nSPS) is 11.7. The van der Waals surface area contributed by atoms with Gasteiger partial charge >= 0.3 is 0 Å². The molecular weight excluding hydrogens is 358 g/mol. The molecule has 124 valence electrons. The van der Waals surface area contributed by atoms with Gasteiger partial charge in [0.2, 0.25) is 5.13 Å². The van der Waals surface area contributed by atoms with Gasteiger partial charge in [-0.3, -0.25) is 10.1 Å². The van der Waals surface area contributed by atoms with E-state index in [1.165, 1.54) is 29.5 Å². The second kappa shape index (κ2) is 6.94. The molecule has 0 atom stereocenters. The Bertz CT molecular complexity index is 832. The molecule has 0 unspecified atom stereocenters. The van der Waals surface area contributed by atoms with Crippen molar-refractivity contribution in [1.29, 1.82) is 0 Å². The monoisotopic (exact) mass is 373 g/mol. The number of carbonyl (C=O) groups is 1. The van der Waals surface area contributed by atoms with Crippen molar-refractivity contribution in [2.75, 3.05) is 11.6 Å². The third-order valence-corrected chi connectivity index (χ3v) is 5.30. The van der Waals surface area contributed by atoms with Crippen molar-refractivity contribution in [3.63, 3.8) is 0 Å². The van der Waals surface area contributed by atoms with Crippen LogP contribution >= 0.6 is 22.9 Å². The van der Waals surface area contributed by atoms with E-state index in [4.69, 9.17) is 11.6 Å². The number of hydrogen-bond acceptors (Lipinski definition) is 6. The number of amides is 1. The second-order valence-electron chi connectivity index (χ2n) is 5.47. The quantitative estimate of drug-likeness (QED) is 0.870. The summed E-state index contributed by atoms with van der Waals surface area (Å²) >= 11 is 7.16. The van der Waals surface area contributed by atoms with E-state index < -0.39 is 15.7 Å². The molecule has 9 heteroatoms. The highest BCUT2D eigenvalue weighted by Crippen LogP contribution is 2.24. The van der Waals surface area contributed by atoms with Crippen molar-refractivity contribution in [2.24, 2.45) is 5.92 Å². The first-order valence-corrected chi connectivity index (χ1v) is 9.88. The van der Waals surface area contributed by atoms with Crippen LogP contribution in [0.1, 0.15) is 29.2 Å². The third kappa shape index (κ3) is 4.73. The Morgan fingerprint density at radius 3 is 2.65 bits per heavy atom. The van der Waals surface area contributed by atoms with Crippen molar-refractivity contribution >= 4 is 43.8 Å². The van der Waals surface area contributed by atoms with Gasteiger partial charge in [0.1, 0.15) is 5.01 Å². The van der Waals surface area contributed by atoms with Gasteiger partial charge in [0.05, 0.1) is 9.92 Å². The van der Waals surface area contributed by atoms with Crippen LogP contribution in [0.5, 0.6) is 0 Å². The highest BCUT2D eigenvalue weighted by atomic mass is 35.5. The smallest absolute Gasteiger partial charge is 0.257 e. The number of aromatic nitrogens is 2. The second-order valence-corrected chi connectivity index (χ2v) is 8.92. The molecule has 0 bridgehead atoms. The Hall–Kier alpha value is -1.51. The van der Waals surface area contributed by atoms with Gasteiger partial charge in [-0.25, -0.2) is 8.42 Å². The van der Waals surface area contributed by atoms with Crippen LogP contribution in [0.2, 0.25) is 5.02 Å². The summed E-state index contributed by atoms with van der Waals surface area (Å²) in [6.45, 7) is 4.14. The molecule has 1 N–H and O–H groups in total. The third-order valence-electron chi connectivity index (χ3n) is 2.86.